The van der Waals surface area contributed by atoms with Crippen molar-refractivity contribution in [3.8, 4) is 0 Å². The highest BCUT2D eigenvalue weighted by molar-refractivity contribution is 5.94. The second kappa shape index (κ2) is 9.94. The molecule has 2 aromatic rings. The Hall–Kier alpha value is -2.80. The molecule has 0 aromatic heterocycles. The van der Waals surface area contributed by atoms with Crippen LogP contribution in [-0.2, 0) is 16.1 Å². The third kappa shape index (κ3) is 6.74. The Balaban J connectivity index is 1.74. The van der Waals surface area contributed by atoms with Crippen molar-refractivity contribution in [2.75, 3.05) is 25.5 Å². The number of halogens is 2. The first-order valence-electron chi connectivity index (χ1n) is 9.03. The van der Waals surface area contributed by atoms with Crippen molar-refractivity contribution in [1.82, 2.24) is 10.2 Å². The van der Waals surface area contributed by atoms with Crippen molar-refractivity contribution in [2.45, 2.75) is 26.3 Å². The molecule has 0 unspecified atom stereocenters. The molecule has 0 bridgehead atoms. The van der Waals surface area contributed by atoms with Gasteiger partial charge in [0.25, 0.3) is 0 Å². The third-order valence-electron chi connectivity index (χ3n) is 4.16. The Bertz CT molecular complexity index is 823. The highest BCUT2D eigenvalue weighted by Crippen LogP contribution is 2.15. The molecule has 28 heavy (non-hydrogen) atoms. The largest absolute Gasteiger partial charge is 0.346 e. The van der Waals surface area contributed by atoms with Gasteiger partial charge >= 0.3 is 0 Å². The normalized spacial score (nSPS) is 11.0. The fourth-order valence-corrected chi connectivity index (χ4v) is 2.63. The quantitative estimate of drug-likeness (QED) is 0.728. The Kier molecular flexibility index (Phi) is 7.63. The Morgan fingerprint density at radius 3 is 2.29 bits per heavy atom. The molecule has 0 fully saturated rings. The second-order valence-corrected chi connectivity index (χ2v) is 7.02. The van der Waals surface area contributed by atoms with Crippen LogP contribution in [-0.4, -0.2) is 36.9 Å². The van der Waals surface area contributed by atoms with E-state index in [4.69, 9.17) is 0 Å². The van der Waals surface area contributed by atoms with E-state index < -0.39 is 17.5 Å². The number of anilines is 1. The highest BCUT2D eigenvalue weighted by Gasteiger charge is 2.11. The van der Waals surface area contributed by atoms with E-state index in [1.807, 2.05) is 24.1 Å². The fourth-order valence-electron chi connectivity index (χ4n) is 2.63. The van der Waals surface area contributed by atoms with Gasteiger partial charge in [-0.1, -0.05) is 38.1 Å². The maximum Gasteiger partial charge on any atom is 0.243 e. The summed E-state index contributed by atoms with van der Waals surface area (Å²) >= 11 is 0. The van der Waals surface area contributed by atoms with Gasteiger partial charge in [-0.25, -0.2) is 8.78 Å². The van der Waals surface area contributed by atoms with Gasteiger partial charge in [-0.3, -0.25) is 14.5 Å². The predicted molar refractivity (Wildman–Crippen MR) is 105 cm³/mol. The summed E-state index contributed by atoms with van der Waals surface area (Å²) in [6, 6.07) is 11.3. The van der Waals surface area contributed by atoms with Gasteiger partial charge in [0.15, 0.2) is 11.6 Å². The Morgan fingerprint density at radius 2 is 1.68 bits per heavy atom. The number of hydrogen-bond acceptors (Lipinski definition) is 3. The molecule has 0 spiro atoms. The minimum absolute atomic E-state index is 0.125. The molecule has 0 aliphatic rings. The molecule has 5 nitrogen and oxygen atoms in total. The third-order valence-corrected chi connectivity index (χ3v) is 4.16. The summed E-state index contributed by atoms with van der Waals surface area (Å²) in [5.41, 5.74) is 2.48. The van der Waals surface area contributed by atoms with Crippen LogP contribution in [0, 0.1) is 11.6 Å². The van der Waals surface area contributed by atoms with Crippen LogP contribution < -0.4 is 10.6 Å². The molecule has 2 aromatic carbocycles. The van der Waals surface area contributed by atoms with Crippen molar-refractivity contribution in [2.24, 2.45) is 0 Å². The average molecular weight is 389 g/mol. The molecule has 7 heteroatoms. The van der Waals surface area contributed by atoms with Gasteiger partial charge in [0, 0.05) is 18.3 Å². The average Bonchev–Trinajstić information content (AvgIpc) is 2.63. The van der Waals surface area contributed by atoms with Gasteiger partial charge in [-0.05, 0) is 36.2 Å². The summed E-state index contributed by atoms with van der Waals surface area (Å²) in [6.45, 7) is 4.74. The van der Waals surface area contributed by atoms with E-state index >= 15 is 0 Å². The molecule has 0 saturated heterocycles. The zero-order valence-corrected chi connectivity index (χ0v) is 16.3. The zero-order chi connectivity index (χ0) is 20.7. The smallest absolute Gasteiger partial charge is 0.243 e. The second-order valence-electron chi connectivity index (χ2n) is 7.02. The minimum atomic E-state index is -1.05. The lowest BCUT2D eigenvalue weighted by atomic mass is 10.0. The molecule has 0 radical (unpaired) electrons. The van der Waals surface area contributed by atoms with E-state index in [1.54, 1.807) is 0 Å². The molecule has 150 valence electrons. The maximum absolute atomic E-state index is 13.1. The summed E-state index contributed by atoms with van der Waals surface area (Å²) in [7, 11) is 1.82. The number of nitrogens with zero attached hydrogens (tertiary/aromatic N) is 1. The number of likely N-dealkylation sites (N-methyl/N-ethyl adjacent to an activating group) is 1. The molecule has 0 heterocycles. The van der Waals surface area contributed by atoms with E-state index in [2.05, 4.69) is 36.6 Å². The molecular formula is C21H25F2N3O2. The summed E-state index contributed by atoms with van der Waals surface area (Å²) in [5.74, 6) is -2.40. The number of rotatable bonds is 8. The van der Waals surface area contributed by atoms with Crippen LogP contribution in [0.3, 0.4) is 0 Å². The summed E-state index contributed by atoms with van der Waals surface area (Å²) in [4.78, 5) is 25.7. The number of amides is 2. The lowest BCUT2D eigenvalue weighted by Crippen LogP contribution is -2.39. The number of carbonyl (C=O) groups is 2. The van der Waals surface area contributed by atoms with E-state index in [1.165, 1.54) is 11.6 Å². The topological polar surface area (TPSA) is 61.4 Å². The van der Waals surface area contributed by atoms with Gasteiger partial charge in [0.2, 0.25) is 11.8 Å². The van der Waals surface area contributed by atoms with Gasteiger partial charge in [-0.15, -0.1) is 0 Å². The van der Waals surface area contributed by atoms with Gasteiger partial charge in [-0.2, -0.15) is 0 Å². The highest BCUT2D eigenvalue weighted by atomic mass is 19.2. The first-order valence-corrected chi connectivity index (χ1v) is 9.03. The minimum Gasteiger partial charge on any atom is -0.346 e. The lowest BCUT2D eigenvalue weighted by molar-refractivity contribution is -0.124. The summed E-state index contributed by atoms with van der Waals surface area (Å²) < 4.78 is 26.0. The number of carbonyl (C=O) groups excluding carboxylic acids is 2. The molecular weight excluding hydrogens is 364 g/mol. The van der Waals surface area contributed by atoms with Gasteiger partial charge in [0.05, 0.1) is 13.1 Å². The number of nitrogens with one attached hydrogen (secondary N) is 2. The lowest BCUT2D eigenvalue weighted by Gasteiger charge is -2.17. The Morgan fingerprint density at radius 1 is 1.00 bits per heavy atom. The fraction of sp³-hybridized carbons (Fsp3) is 0.333. The van der Waals surface area contributed by atoms with Crippen molar-refractivity contribution < 1.29 is 18.4 Å². The first-order chi connectivity index (χ1) is 13.2. The van der Waals surface area contributed by atoms with E-state index in [0.29, 0.717) is 12.5 Å². The van der Waals surface area contributed by atoms with Crippen LogP contribution in [0.2, 0.25) is 0 Å². The van der Waals surface area contributed by atoms with E-state index in [9.17, 15) is 18.4 Å². The predicted octanol–water partition coefficient (Wildman–Crippen LogP) is 3.27. The van der Waals surface area contributed by atoms with Crippen LogP contribution in [0.4, 0.5) is 14.5 Å². The van der Waals surface area contributed by atoms with Gasteiger partial charge < -0.3 is 10.6 Å². The molecule has 0 aliphatic heterocycles. The number of benzene rings is 2. The maximum atomic E-state index is 13.1. The molecule has 2 amide bonds. The van der Waals surface area contributed by atoms with Crippen molar-refractivity contribution in [1.29, 1.82) is 0 Å². The van der Waals surface area contributed by atoms with Crippen LogP contribution in [0.25, 0.3) is 0 Å². The van der Waals surface area contributed by atoms with Crippen molar-refractivity contribution in [3.05, 3.63) is 65.2 Å². The molecule has 0 atom stereocenters. The number of hydrogen-bond donors (Lipinski definition) is 2. The van der Waals surface area contributed by atoms with Gasteiger partial charge in [0.1, 0.15) is 0 Å². The zero-order valence-electron chi connectivity index (χ0n) is 16.3. The molecule has 2 rings (SSSR count). The molecule has 0 aliphatic carbocycles. The van der Waals surface area contributed by atoms with E-state index in [0.717, 1.165) is 17.7 Å². The standard InChI is InChI=1S/C21H25F2N3O2/c1-14(2)16-6-4-15(5-7-16)12-26(3)13-21(28)24-11-20(27)25-17-8-9-18(22)19(23)10-17/h4-10,14H,11-13H2,1-3H3,(H,24,28)(H,25,27). The first kappa shape index (κ1) is 21.5. The summed E-state index contributed by atoms with van der Waals surface area (Å²) in [5, 5.41) is 4.91. The SMILES string of the molecule is CC(C)c1ccc(CN(C)CC(=O)NCC(=O)Nc2ccc(F)c(F)c2)cc1. The van der Waals surface area contributed by atoms with Crippen molar-refractivity contribution >= 4 is 17.5 Å². The monoisotopic (exact) mass is 389 g/mol. The van der Waals surface area contributed by atoms with Crippen LogP contribution >= 0.6 is 0 Å². The van der Waals surface area contributed by atoms with Crippen LogP contribution in [0.1, 0.15) is 30.9 Å². The van der Waals surface area contributed by atoms with Crippen molar-refractivity contribution in [3.63, 3.8) is 0 Å². The Labute approximate surface area is 163 Å². The summed E-state index contributed by atoms with van der Waals surface area (Å²) in [6.07, 6.45) is 0. The van der Waals surface area contributed by atoms with Crippen LogP contribution in [0.5, 0.6) is 0 Å². The van der Waals surface area contributed by atoms with Crippen LogP contribution in [0.15, 0.2) is 42.5 Å². The molecule has 2 N–H and O–H groups in total. The molecule has 0 saturated carbocycles. The van der Waals surface area contributed by atoms with E-state index in [-0.39, 0.29) is 24.7 Å².